The second kappa shape index (κ2) is 9.22. The Morgan fingerprint density at radius 2 is 2.00 bits per heavy atom. The number of fused-ring (bicyclic) bond motifs is 1. The first kappa shape index (κ1) is 22.0. The molecule has 4 aromatic rings. The topological polar surface area (TPSA) is 122 Å². The molecule has 0 aliphatic carbocycles. The highest BCUT2D eigenvalue weighted by atomic mass is 35.5. The zero-order chi connectivity index (χ0) is 23.7. The van der Waals surface area contributed by atoms with E-state index in [4.69, 9.17) is 11.6 Å². The molecule has 1 aliphatic rings. The standard InChI is InChI=1S/C23H23ClN8O2/c1-14-10-15(4-6-17(14)23(34)31-8-2-3-9-31)22(33)29-20(12-32-26-13-25-30-32)21-27-18-7-5-16(24)11-19(18)28-21/h4-7,10-11,13,20H,2-3,8-9,12H2,1H3,(H,27,28)(H,29,33). The fourth-order valence-corrected chi connectivity index (χ4v) is 4.35. The number of benzene rings is 2. The minimum absolute atomic E-state index is 0.0121. The van der Waals surface area contributed by atoms with Crippen molar-refractivity contribution in [2.45, 2.75) is 32.4 Å². The van der Waals surface area contributed by atoms with E-state index < -0.39 is 6.04 Å². The summed E-state index contributed by atoms with van der Waals surface area (Å²) in [4.78, 5) is 37.0. The summed E-state index contributed by atoms with van der Waals surface area (Å²) in [7, 11) is 0. The number of imidazole rings is 1. The number of rotatable bonds is 6. The van der Waals surface area contributed by atoms with Crippen molar-refractivity contribution >= 4 is 34.4 Å². The van der Waals surface area contributed by atoms with Gasteiger partial charge in [0.15, 0.2) is 6.33 Å². The number of aromatic amines is 1. The van der Waals surface area contributed by atoms with Gasteiger partial charge in [-0.05, 0) is 66.9 Å². The predicted octanol–water partition coefficient (Wildman–Crippen LogP) is 2.92. The van der Waals surface area contributed by atoms with Gasteiger partial charge < -0.3 is 15.2 Å². The molecule has 10 nitrogen and oxygen atoms in total. The molecule has 1 fully saturated rings. The number of nitrogens with zero attached hydrogens (tertiary/aromatic N) is 6. The number of nitrogens with one attached hydrogen (secondary N) is 2. The molecule has 2 amide bonds. The Labute approximate surface area is 200 Å². The molecule has 2 aromatic carbocycles. The number of carbonyl (C=O) groups is 2. The van der Waals surface area contributed by atoms with Gasteiger partial charge in [0, 0.05) is 29.2 Å². The van der Waals surface area contributed by atoms with Gasteiger partial charge in [0.05, 0.1) is 17.6 Å². The minimum atomic E-state index is -0.556. The van der Waals surface area contributed by atoms with E-state index in [1.807, 2.05) is 17.9 Å². The van der Waals surface area contributed by atoms with Gasteiger partial charge in [-0.1, -0.05) is 11.6 Å². The van der Waals surface area contributed by atoms with Crippen molar-refractivity contribution in [3.63, 3.8) is 0 Å². The maximum atomic E-state index is 13.2. The third kappa shape index (κ3) is 4.49. The van der Waals surface area contributed by atoms with Crippen LogP contribution < -0.4 is 5.32 Å². The van der Waals surface area contributed by atoms with Gasteiger partial charge >= 0.3 is 0 Å². The molecule has 11 heteroatoms. The SMILES string of the molecule is Cc1cc(C(=O)NC(Cn2ncnn2)c2nc3ccc(Cl)cc3[nH]2)ccc1C(=O)N1CCCC1. The molecule has 3 heterocycles. The van der Waals surface area contributed by atoms with Crippen molar-refractivity contribution in [2.24, 2.45) is 0 Å². The fraction of sp³-hybridized carbons (Fsp3) is 0.304. The number of hydrogen-bond donors (Lipinski definition) is 2. The lowest BCUT2D eigenvalue weighted by molar-refractivity contribution is 0.0791. The van der Waals surface area contributed by atoms with Crippen molar-refractivity contribution < 1.29 is 9.59 Å². The number of hydrogen-bond acceptors (Lipinski definition) is 6. The summed E-state index contributed by atoms with van der Waals surface area (Å²) in [5.74, 6) is 0.255. The van der Waals surface area contributed by atoms with Crippen molar-refractivity contribution in [2.75, 3.05) is 13.1 Å². The second-order valence-corrected chi connectivity index (χ2v) is 8.77. The molecule has 1 unspecified atom stereocenters. The second-order valence-electron chi connectivity index (χ2n) is 8.33. The summed E-state index contributed by atoms with van der Waals surface area (Å²) in [6.07, 6.45) is 3.39. The Bertz CT molecular complexity index is 1340. The van der Waals surface area contributed by atoms with Gasteiger partial charge in [-0.15, -0.1) is 10.2 Å². The third-order valence-corrected chi connectivity index (χ3v) is 6.18. The highest BCUT2D eigenvalue weighted by Gasteiger charge is 2.24. The van der Waals surface area contributed by atoms with E-state index >= 15 is 0 Å². The van der Waals surface area contributed by atoms with E-state index in [-0.39, 0.29) is 18.4 Å². The number of aromatic nitrogens is 6. The summed E-state index contributed by atoms with van der Waals surface area (Å²) in [6.45, 7) is 3.63. The Balaban J connectivity index is 1.39. The number of H-pyrrole nitrogens is 1. The van der Waals surface area contributed by atoms with Gasteiger partial charge in [0.25, 0.3) is 11.8 Å². The third-order valence-electron chi connectivity index (χ3n) is 5.95. The number of tetrazole rings is 1. The van der Waals surface area contributed by atoms with E-state index in [9.17, 15) is 9.59 Å². The lowest BCUT2D eigenvalue weighted by Gasteiger charge is -2.18. The molecular formula is C23H23ClN8O2. The molecule has 0 saturated carbocycles. The first-order valence-corrected chi connectivity index (χ1v) is 11.4. The average molecular weight is 479 g/mol. The molecule has 5 rings (SSSR count). The molecule has 2 aromatic heterocycles. The van der Waals surface area contributed by atoms with Gasteiger partial charge in [-0.3, -0.25) is 9.59 Å². The lowest BCUT2D eigenvalue weighted by Crippen LogP contribution is -2.33. The molecule has 174 valence electrons. The maximum absolute atomic E-state index is 13.2. The maximum Gasteiger partial charge on any atom is 0.254 e. The van der Waals surface area contributed by atoms with Gasteiger partial charge in [0.1, 0.15) is 11.9 Å². The van der Waals surface area contributed by atoms with Crippen molar-refractivity contribution in [1.82, 2.24) is 40.4 Å². The lowest BCUT2D eigenvalue weighted by atomic mass is 10.0. The molecule has 1 atom stereocenters. The van der Waals surface area contributed by atoms with Crippen LogP contribution in [0, 0.1) is 6.92 Å². The minimum Gasteiger partial charge on any atom is -0.340 e. The van der Waals surface area contributed by atoms with Crippen LogP contribution in [0.4, 0.5) is 0 Å². The van der Waals surface area contributed by atoms with Gasteiger partial charge in [-0.2, -0.15) is 4.80 Å². The first-order valence-electron chi connectivity index (χ1n) is 11.0. The zero-order valence-corrected chi connectivity index (χ0v) is 19.3. The van der Waals surface area contributed by atoms with Crippen molar-refractivity contribution in [3.05, 3.63) is 70.3 Å². The van der Waals surface area contributed by atoms with Crippen LogP contribution in [-0.2, 0) is 6.54 Å². The molecule has 0 bridgehead atoms. The molecule has 0 radical (unpaired) electrons. The van der Waals surface area contributed by atoms with E-state index in [0.29, 0.717) is 22.0 Å². The zero-order valence-electron chi connectivity index (χ0n) is 18.5. The Hall–Kier alpha value is -3.79. The Morgan fingerprint density at radius 1 is 1.18 bits per heavy atom. The van der Waals surface area contributed by atoms with E-state index in [1.165, 1.54) is 11.1 Å². The Kier molecular flexibility index (Phi) is 5.97. The molecule has 34 heavy (non-hydrogen) atoms. The number of halogens is 1. The molecular weight excluding hydrogens is 456 g/mol. The van der Waals surface area contributed by atoms with Crippen LogP contribution >= 0.6 is 11.6 Å². The van der Waals surface area contributed by atoms with Gasteiger partial charge in [-0.25, -0.2) is 4.98 Å². The van der Waals surface area contributed by atoms with E-state index in [2.05, 4.69) is 30.7 Å². The van der Waals surface area contributed by atoms with Crippen molar-refractivity contribution in [3.8, 4) is 0 Å². The van der Waals surface area contributed by atoms with Crippen LogP contribution in [0.2, 0.25) is 5.02 Å². The summed E-state index contributed by atoms with van der Waals surface area (Å²) in [5, 5.41) is 15.3. The number of amides is 2. The predicted molar refractivity (Wildman–Crippen MR) is 125 cm³/mol. The molecule has 1 aliphatic heterocycles. The van der Waals surface area contributed by atoms with Crippen LogP contribution in [-0.4, -0.2) is 60.0 Å². The van der Waals surface area contributed by atoms with Crippen LogP contribution in [0.5, 0.6) is 0 Å². The monoisotopic (exact) mass is 478 g/mol. The quantitative estimate of drug-likeness (QED) is 0.439. The Morgan fingerprint density at radius 3 is 2.74 bits per heavy atom. The summed E-state index contributed by atoms with van der Waals surface area (Å²) < 4.78 is 0. The summed E-state index contributed by atoms with van der Waals surface area (Å²) in [6, 6.07) is 9.93. The normalized spacial score (nSPS) is 14.5. The van der Waals surface area contributed by atoms with Gasteiger partial charge in [0.2, 0.25) is 0 Å². The fourth-order valence-electron chi connectivity index (χ4n) is 4.18. The smallest absolute Gasteiger partial charge is 0.254 e. The van der Waals surface area contributed by atoms with E-state index in [1.54, 1.807) is 30.3 Å². The summed E-state index contributed by atoms with van der Waals surface area (Å²) in [5.41, 5.74) is 3.32. The van der Waals surface area contributed by atoms with Crippen LogP contribution in [0.25, 0.3) is 11.0 Å². The number of likely N-dealkylation sites (tertiary alicyclic amines) is 1. The molecule has 0 spiro atoms. The van der Waals surface area contributed by atoms with Crippen molar-refractivity contribution in [1.29, 1.82) is 0 Å². The van der Waals surface area contributed by atoms with E-state index in [0.717, 1.165) is 42.5 Å². The number of carbonyl (C=O) groups excluding carboxylic acids is 2. The van der Waals surface area contributed by atoms with Crippen LogP contribution in [0.15, 0.2) is 42.7 Å². The molecule has 1 saturated heterocycles. The molecule has 2 N–H and O–H groups in total. The summed E-state index contributed by atoms with van der Waals surface area (Å²) >= 11 is 6.10. The largest absolute Gasteiger partial charge is 0.340 e. The first-order chi connectivity index (χ1) is 16.5. The highest BCUT2D eigenvalue weighted by Crippen LogP contribution is 2.22. The number of aryl methyl sites for hydroxylation is 1. The van der Waals surface area contributed by atoms with Crippen LogP contribution in [0.3, 0.4) is 0 Å². The average Bonchev–Trinajstić information content (AvgIpc) is 3.59. The van der Waals surface area contributed by atoms with Crippen LogP contribution in [0.1, 0.15) is 51.0 Å². The highest BCUT2D eigenvalue weighted by molar-refractivity contribution is 6.31.